The van der Waals surface area contributed by atoms with Crippen molar-refractivity contribution in [1.82, 2.24) is 20.1 Å². The fourth-order valence-electron chi connectivity index (χ4n) is 2.06. The maximum atomic E-state index is 12.0. The van der Waals surface area contributed by atoms with E-state index in [1.54, 1.807) is 11.0 Å². The van der Waals surface area contributed by atoms with Crippen molar-refractivity contribution in [2.75, 3.05) is 0 Å². The van der Waals surface area contributed by atoms with Crippen LogP contribution in [-0.2, 0) is 0 Å². The molecule has 3 rings (SSSR count). The van der Waals surface area contributed by atoms with Crippen LogP contribution < -0.4 is 5.32 Å². The molecule has 5 nitrogen and oxygen atoms in total. The van der Waals surface area contributed by atoms with Crippen molar-refractivity contribution in [2.24, 2.45) is 5.92 Å². The zero-order chi connectivity index (χ0) is 13.2. The lowest BCUT2D eigenvalue weighted by molar-refractivity contribution is 0.0925. The van der Waals surface area contributed by atoms with Crippen LogP contribution in [0.1, 0.15) is 30.4 Å². The van der Waals surface area contributed by atoms with Crippen LogP contribution in [0.3, 0.4) is 0 Å². The molecular formula is C14H16N4O. The van der Waals surface area contributed by atoms with Crippen molar-refractivity contribution in [3.63, 3.8) is 0 Å². The van der Waals surface area contributed by atoms with Crippen LogP contribution in [0.5, 0.6) is 0 Å². The minimum atomic E-state index is -0.200. The first kappa shape index (κ1) is 11.9. The Labute approximate surface area is 111 Å². The second kappa shape index (κ2) is 4.84. The van der Waals surface area contributed by atoms with E-state index in [9.17, 15) is 4.79 Å². The number of hydrogen-bond acceptors (Lipinski definition) is 3. The molecule has 1 atom stereocenters. The molecule has 1 aliphatic rings. The van der Waals surface area contributed by atoms with Crippen LogP contribution in [-0.4, -0.2) is 26.7 Å². The van der Waals surface area contributed by atoms with Gasteiger partial charge in [0.25, 0.3) is 5.91 Å². The molecule has 1 aromatic carbocycles. The summed E-state index contributed by atoms with van der Waals surface area (Å²) in [7, 11) is 0. The average Bonchev–Trinajstić information content (AvgIpc) is 3.17. The maximum Gasteiger partial charge on any atom is 0.291 e. The molecule has 5 heteroatoms. The van der Waals surface area contributed by atoms with Crippen molar-refractivity contribution in [2.45, 2.75) is 25.8 Å². The van der Waals surface area contributed by atoms with Crippen LogP contribution in [0, 0.1) is 5.92 Å². The summed E-state index contributed by atoms with van der Waals surface area (Å²) in [6, 6.07) is 9.83. The van der Waals surface area contributed by atoms with Crippen LogP contribution >= 0.6 is 0 Å². The maximum absolute atomic E-state index is 12.0. The highest BCUT2D eigenvalue weighted by Gasteiger charge is 2.29. The standard InChI is InChI=1S/C14H16N4O/c1-10(11-7-8-11)16-14(19)13-15-9-18(17-13)12-5-3-2-4-6-12/h2-6,9-11H,7-8H2,1H3,(H,16,19)/t10-/m1/s1. The predicted molar refractivity (Wildman–Crippen MR) is 71.0 cm³/mol. The van der Waals surface area contributed by atoms with E-state index in [0.717, 1.165) is 5.69 Å². The fourth-order valence-corrected chi connectivity index (χ4v) is 2.06. The van der Waals surface area contributed by atoms with Gasteiger partial charge in [0, 0.05) is 6.04 Å². The third-order valence-corrected chi connectivity index (χ3v) is 3.40. The van der Waals surface area contributed by atoms with E-state index in [-0.39, 0.29) is 17.8 Å². The van der Waals surface area contributed by atoms with Crippen LogP contribution in [0.2, 0.25) is 0 Å². The summed E-state index contributed by atoms with van der Waals surface area (Å²) >= 11 is 0. The molecule has 1 aliphatic carbocycles. The van der Waals surface area contributed by atoms with Crippen LogP contribution in [0.4, 0.5) is 0 Å². The van der Waals surface area contributed by atoms with Crippen molar-refractivity contribution >= 4 is 5.91 Å². The lowest BCUT2D eigenvalue weighted by Crippen LogP contribution is -2.34. The normalized spacial score (nSPS) is 16.1. The van der Waals surface area contributed by atoms with Gasteiger partial charge >= 0.3 is 0 Å². The molecule has 1 heterocycles. The molecular weight excluding hydrogens is 240 g/mol. The number of hydrogen-bond donors (Lipinski definition) is 1. The second-order valence-corrected chi connectivity index (χ2v) is 4.95. The van der Waals surface area contributed by atoms with Crippen molar-refractivity contribution in [1.29, 1.82) is 0 Å². The molecule has 0 bridgehead atoms. The Hall–Kier alpha value is -2.17. The molecule has 0 spiro atoms. The van der Waals surface area contributed by atoms with Gasteiger partial charge in [-0.05, 0) is 37.8 Å². The highest BCUT2D eigenvalue weighted by Crippen LogP contribution is 2.32. The van der Waals surface area contributed by atoms with Crippen molar-refractivity contribution in [3.8, 4) is 5.69 Å². The van der Waals surface area contributed by atoms with Crippen molar-refractivity contribution < 1.29 is 4.79 Å². The van der Waals surface area contributed by atoms with E-state index < -0.39 is 0 Å². The predicted octanol–water partition coefficient (Wildman–Crippen LogP) is 1.80. The van der Waals surface area contributed by atoms with Gasteiger partial charge in [0.15, 0.2) is 0 Å². The van der Waals surface area contributed by atoms with E-state index >= 15 is 0 Å². The molecule has 19 heavy (non-hydrogen) atoms. The number of nitrogens with one attached hydrogen (secondary N) is 1. The first-order chi connectivity index (χ1) is 9.24. The van der Waals surface area contributed by atoms with Gasteiger partial charge in [0.05, 0.1) is 5.69 Å². The minimum absolute atomic E-state index is 0.200. The largest absolute Gasteiger partial charge is 0.347 e. The highest BCUT2D eigenvalue weighted by atomic mass is 16.2. The Bertz CT molecular complexity index is 574. The topological polar surface area (TPSA) is 59.8 Å². The van der Waals surface area contributed by atoms with Gasteiger partial charge in [-0.3, -0.25) is 4.79 Å². The first-order valence-corrected chi connectivity index (χ1v) is 6.52. The summed E-state index contributed by atoms with van der Waals surface area (Å²) in [6.07, 6.45) is 3.96. The lowest BCUT2D eigenvalue weighted by atomic mass is 10.2. The number of carbonyl (C=O) groups excluding carboxylic acids is 1. The monoisotopic (exact) mass is 256 g/mol. The average molecular weight is 256 g/mol. The summed E-state index contributed by atoms with van der Waals surface area (Å²) in [5.74, 6) is 0.644. The quantitative estimate of drug-likeness (QED) is 0.907. The lowest BCUT2D eigenvalue weighted by Gasteiger charge is -2.10. The summed E-state index contributed by atoms with van der Waals surface area (Å²) in [4.78, 5) is 16.0. The van der Waals surface area contributed by atoms with Gasteiger partial charge in [0.1, 0.15) is 6.33 Å². The number of benzene rings is 1. The summed E-state index contributed by atoms with van der Waals surface area (Å²) in [6.45, 7) is 2.03. The van der Waals surface area contributed by atoms with Gasteiger partial charge < -0.3 is 5.32 Å². The van der Waals surface area contributed by atoms with E-state index in [1.165, 1.54) is 12.8 Å². The molecule has 0 unspecified atom stereocenters. The van der Waals surface area contributed by atoms with Gasteiger partial charge in [-0.15, -0.1) is 5.10 Å². The number of amides is 1. The SMILES string of the molecule is C[C@@H](NC(=O)c1ncn(-c2ccccc2)n1)C1CC1. The Kier molecular flexibility index (Phi) is 3.03. The minimum Gasteiger partial charge on any atom is -0.347 e. The zero-order valence-corrected chi connectivity index (χ0v) is 10.8. The molecule has 2 aromatic rings. The number of nitrogens with zero attached hydrogens (tertiary/aromatic N) is 3. The van der Waals surface area contributed by atoms with E-state index in [1.807, 2.05) is 37.3 Å². The van der Waals surface area contributed by atoms with E-state index in [4.69, 9.17) is 0 Å². The molecule has 1 saturated carbocycles. The second-order valence-electron chi connectivity index (χ2n) is 4.95. The molecule has 1 amide bonds. The Morgan fingerprint density at radius 2 is 2.11 bits per heavy atom. The highest BCUT2D eigenvalue weighted by molar-refractivity contribution is 5.90. The molecule has 98 valence electrons. The fraction of sp³-hybridized carbons (Fsp3) is 0.357. The molecule has 1 fully saturated rings. The molecule has 0 aliphatic heterocycles. The van der Waals surface area contributed by atoms with Gasteiger partial charge in [0.2, 0.25) is 5.82 Å². The Balaban J connectivity index is 1.72. The van der Waals surface area contributed by atoms with Crippen LogP contribution in [0.15, 0.2) is 36.7 Å². The molecule has 1 N–H and O–H groups in total. The van der Waals surface area contributed by atoms with Gasteiger partial charge in [-0.2, -0.15) is 0 Å². The third kappa shape index (κ3) is 2.65. The Morgan fingerprint density at radius 1 is 1.37 bits per heavy atom. The van der Waals surface area contributed by atoms with Gasteiger partial charge in [-0.25, -0.2) is 9.67 Å². The molecule has 0 saturated heterocycles. The smallest absolute Gasteiger partial charge is 0.291 e. The third-order valence-electron chi connectivity index (χ3n) is 3.40. The zero-order valence-electron chi connectivity index (χ0n) is 10.8. The number of carbonyl (C=O) groups is 1. The summed E-state index contributed by atoms with van der Waals surface area (Å²) in [5, 5.41) is 7.15. The van der Waals surface area contributed by atoms with E-state index in [0.29, 0.717) is 5.92 Å². The number of para-hydroxylation sites is 1. The molecule has 1 aromatic heterocycles. The first-order valence-electron chi connectivity index (χ1n) is 6.52. The van der Waals surface area contributed by atoms with Gasteiger partial charge in [-0.1, -0.05) is 18.2 Å². The summed E-state index contributed by atoms with van der Waals surface area (Å²) < 4.78 is 1.61. The van der Waals surface area contributed by atoms with Crippen LogP contribution in [0.25, 0.3) is 5.69 Å². The van der Waals surface area contributed by atoms with E-state index in [2.05, 4.69) is 15.4 Å². The number of aromatic nitrogens is 3. The molecule has 0 radical (unpaired) electrons. The Morgan fingerprint density at radius 3 is 2.79 bits per heavy atom. The summed E-state index contributed by atoms with van der Waals surface area (Å²) in [5.41, 5.74) is 0.893. The number of rotatable bonds is 4. The van der Waals surface area contributed by atoms with Crippen molar-refractivity contribution in [3.05, 3.63) is 42.5 Å².